The molecule has 160 valence electrons. The second-order valence-electron chi connectivity index (χ2n) is 10.4. The molecular weight excluding hydrogens is 366 g/mol. The minimum atomic E-state index is -0.599. The molecule has 4 rings (SSSR count). The number of carboxylic acids is 1. The van der Waals surface area contributed by atoms with Crippen molar-refractivity contribution < 1.29 is 19.7 Å². The summed E-state index contributed by atoms with van der Waals surface area (Å²) in [7, 11) is 0. The minimum Gasteiger partial charge on any atom is -0.481 e. The van der Waals surface area contributed by atoms with Crippen molar-refractivity contribution in [3.8, 4) is 0 Å². The highest BCUT2D eigenvalue weighted by molar-refractivity contribution is 5.75. The Morgan fingerprint density at radius 3 is 2.66 bits per heavy atom. The molecule has 0 aromatic heterocycles. The second kappa shape index (κ2) is 7.68. The van der Waals surface area contributed by atoms with Gasteiger partial charge in [-0.3, -0.25) is 4.79 Å². The summed E-state index contributed by atoms with van der Waals surface area (Å²) >= 11 is 0. The largest absolute Gasteiger partial charge is 0.481 e. The highest BCUT2D eigenvalue weighted by atomic mass is 16.5. The van der Waals surface area contributed by atoms with E-state index in [1.807, 2.05) is 6.07 Å². The lowest BCUT2D eigenvalue weighted by Crippen LogP contribution is -2.42. The van der Waals surface area contributed by atoms with E-state index in [9.17, 15) is 15.0 Å². The van der Waals surface area contributed by atoms with Gasteiger partial charge in [0, 0.05) is 12.1 Å². The van der Waals surface area contributed by atoms with Gasteiger partial charge >= 0.3 is 5.97 Å². The molecule has 0 spiro atoms. The summed E-state index contributed by atoms with van der Waals surface area (Å²) in [6.45, 7) is 9.08. The van der Waals surface area contributed by atoms with Gasteiger partial charge in [0.05, 0.1) is 24.7 Å². The van der Waals surface area contributed by atoms with Crippen LogP contribution in [-0.4, -0.2) is 41.0 Å². The zero-order valence-electron chi connectivity index (χ0n) is 18.0. The van der Waals surface area contributed by atoms with Gasteiger partial charge < -0.3 is 20.3 Å². The van der Waals surface area contributed by atoms with Crippen LogP contribution >= 0.6 is 0 Å². The van der Waals surface area contributed by atoms with Gasteiger partial charge in [-0.25, -0.2) is 0 Å². The summed E-state index contributed by atoms with van der Waals surface area (Å²) in [6.07, 6.45) is 1.65. The van der Waals surface area contributed by atoms with Crippen LogP contribution < -0.4 is 5.32 Å². The number of carboxylic acid groups (broad SMARTS) is 1. The minimum absolute atomic E-state index is 0.0323. The molecule has 5 nitrogen and oxygen atoms in total. The molecule has 1 aromatic carbocycles. The first-order valence-electron chi connectivity index (χ1n) is 11.0. The van der Waals surface area contributed by atoms with Gasteiger partial charge in [0.25, 0.3) is 0 Å². The Morgan fingerprint density at radius 2 is 1.97 bits per heavy atom. The maximum absolute atomic E-state index is 11.5. The van der Waals surface area contributed by atoms with Crippen molar-refractivity contribution in [1.82, 2.24) is 5.32 Å². The standard InChI is InChI=1S/C24H35NO4/c1-13(29-12-15(26)11-25-24(2,3)4)16-7-5-6-8-17(16)18-9-14-10-19(18)21-20(14)22(21)23(27)28/h5-8,13-15,18-22,25-26H,9-12H2,1-4H3,(H,27,28). The van der Waals surface area contributed by atoms with E-state index in [2.05, 4.69) is 51.2 Å². The number of hydrogen-bond acceptors (Lipinski definition) is 4. The summed E-state index contributed by atoms with van der Waals surface area (Å²) in [5.41, 5.74) is 2.48. The van der Waals surface area contributed by atoms with Crippen LogP contribution in [0, 0.1) is 29.6 Å². The van der Waals surface area contributed by atoms with Crippen molar-refractivity contribution in [2.24, 2.45) is 29.6 Å². The molecule has 8 atom stereocenters. The third kappa shape index (κ3) is 4.10. The first kappa shape index (κ1) is 20.8. The van der Waals surface area contributed by atoms with E-state index in [1.54, 1.807) is 0 Å². The molecule has 0 saturated heterocycles. The van der Waals surface area contributed by atoms with Crippen LogP contribution in [0.3, 0.4) is 0 Å². The predicted octanol–water partition coefficient (Wildman–Crippen LogP) is 3.58. The Hall–Kier alpha value is -1.43. The van der Waals surface area contributed by atoms with E-state index >= 15 is 0 Å². The molecule has 8 unspecified atom stereocenters. The summed E-state index contributed by atoms with van der Waals surface area (Å²) in [5, 5.41) is 23.0. The van der Waals surface area contributed by atoms with Gasteiger partial charge in [-0.05, 0) is 81.3 Å². The fourth-order valence-electron chi connectivity index (χ4n) is 6.10. The van der Waals surface area contributed by atoms with E-state index in [0.29, 0.717) is 42.7 Å². The molecule has 5 heteroatoms. The summed E-state index contributed by atoms with van der Waals surface area (Å²) in [6, 6.07) is 8.46. The lowest BCUT2D eigenvalue weighted by atomic mass is 9.80. The molecule has 0 aliphatic heterocycles. The normalized spacial score (nSPS) is 34.7. The molecule has 3 N–H and O–H groups in total. The number of aliphatic hydroxyl groups excluding tert-OH is 1. The van der Waals surface area contributed by atoms with Crippen LogP contribution in [0.4, 0.5) is 0 Å². The lowest BCUT2D eigenvalue weighted by Gasteiger charge is -2.27. The number of benzene rings is 1. The predicted molar refractivity (Wildman–Crippen MR) is 112 cm³/mol. The van der Waals surface area contributed by atoms with Crippen molar-refractivity contribution >= 4 is 5.97 Å². The molecule has 3 aliphatic rings. The van der Waals surface area contributed by atoms with Gasteiger partial charge in [0.2, 0.25) is 0 Å². The fourth-order valence-corrected chi connectivity index (χ4v) is 6.10. The second-order valence-corrected chi connectivity index (χ2v) is 10.4. The number of hydrogen-bond donors (Lipinski definition) is 3. The van der Waals surface area contributed by atoms with E-state index < -0.39 is 12.1 Å². The maximum Gasteiger partial charge on any atom is 0.307 e. The summed E-state index contributed by atoms with van der Waals surface area (Å²) < 4.78 is 6.05. The fraction of sp³-hybridized carbons (Fsp3) is 0.708. The average Bonchev–Trinajstić information content (AvgIpc) is 3.16. The zero-order chi connectivity index (χ0) is 20.9. The van der Waals surface area contributed by atoms with Gasteiger partial charge in [-0.1, -0.05) is 24.3 Å². The number of aliphatic hydroxyl groups is 1. The van der Waals surface area contributed by atoms with Crippen molar-refractivity contribution in [3.05, 3.63) is 35.4 Å². The monoisotopic (exact) mass is 401 g/mol. The van der Waals surface area contributed by atoms with Gasteiger partial charge in [0.15, 0.2) is 0 Å². The van der Waals surface area contributed by atoms with E-state index in [4.69, 9.17) is 4.74 Å². The maximum atomic E-state index is 11.5. The van der Waals surface area contributed by atoms with Gasteiger partial charge in [-0.15, -0.1) is 0 Å². The third-order valence-electron chi connectivity index (χ3n) is 7.35. The molecule has 3 fully saturated rings. The molecule has 0 heterocycles. The molecule has 3 aliphatic carbocycles. The number of nitrogens with one attached hydrogen (secondary N) is 1. The van der Waals surface area contributed by atoms with Crippen LogP contribution in [0.5, 0.6) is 0 Å². The van der Waals surface area contributed by atoms with Crippen molar-refractivity contribution in [3.63, 3.8) is 0 Å². The van der Waals surface area contributed by atoms with E-state index in [1.165, 1.54) is 17.5 Å². The lowest BCUT2D eigenvalue weighted by molar-refractivity contribution is -0.139. The molecular formula is C24H35NO4. The number of β-amino-alcohol motifs (C(OH)–C–C–N with tert-alkyl or cyclic N) is 1. The topological polar surface area (TPSA) is 78.8 Å². The quantitative estimate of drug-likeness (QED) is 0.620. The van der Waals surface area contributed by atoms with Crippen molar-refractivity contribution in [2.75, 3.05) is 13.2 Å². The van der Waals surface area contributed by atoms with E-state index in [-0.39, 0.29) is 17.6 Å². The first-order valence-corrected chi connectivity index (χ1v) is 11.0. The van der Waals surface area contributed by atoms with Crippen LogP contribution in [0.2, 0.25) is 0 Å². The Kier molecular flexibility index (Phi) is 5.51. The number of rotatable bonds is 8. The third-order valence-corrected chi connectivity index (χ3v) is 7.35. The Balaban J connectivity index is 1.40. The smallest absolute Gasteiger partial charge is 0.307 e. The molecule has 1 aromatic rings. The van der Waals surface area contributed by atoms with Crippen LogP contribution in [0.25, 0.3) is 0 Å². The molecule has 3 saturated carbocycles. The molecule has 2 bridgehead atoms. The molecule has 29 heavy (non-hydrogen) atoms. The SMILES string of the molecule is CC(OCC(O)CNC(C)(C)C)c1ccccc1C1CC2CC1C1C(C(=O)O)C21. The van der Waals surface area contributed by atoms with Crippen LogP contribution in [0.1, 0.15) is 63.7 Å². The number of carbonyl (C=O) groups is 1. The van der Waals surface area contributed by atoms with Crippen molar-refractivity contribution in [2.45, 2.75) is 64.2 Å². The highest BCUT2D eigenvalue weighted by Gasteiger charge is 2.70. The van der Waals surface area contributed by atoms with E-state index in [0.717, 1.165) is 6.42 Å². The Labute approximate surface area is 173 Å². The first-order chi connectivity index (χ1) is 13.7. The van der Waals surface area contributed by atoms with Gasteiger partial charge in [-0.2, -0.15) is 0 Å². The molecule has 0 amide bonds. The Morgan fingerprint density at radius 1 is 1.24 bits per heavy atom. The highest BCUT2D eigenvalue weighted by Crippen LogP contribution is 2.73. The average molecular weight is 402 g/mol. The number of aliphatic carboxylic acids is 1. The van der Waals surface area contributed by atoms with Crippen LogP contribution in [-0.2, 0) is 9.53 Å². The van der Waals surface area contributed by atoms with Crippen molar-refractivity contribution in [1.29, 1.82) is 0 Å². The summed E-state index contributed by atoms with van der Waals surface area (Å²) in [5.74, 6) is 1.63. The Bertz CT molecular complexity index is 757. The summed E-state index contributed by atoms with van der Waals surface area (Å²) in [4.78, 5) is 11.5. The number of fused-ring (bicyclic) bond motifs is 5. The van der Waals surface area contributed by atoms with Crippen LogP contribution in [0.15, 0.2) is 24.3 Å². The molecule has 0 radical (unpaired) electrons. The zero-order valence-corrected chi connectivity index (χ0v) is 18.0. The number of ether oxygens (including phenoxy) is 1. The van der Waals surface area contributed by atoms with Gasteiger partial charge in [0.1, 0.15) is 0 Å².